The molecule has 0 radical (unpaired) electrons. The predicted octanol–water partition coefficient (Wildman–Crippen LogP) is 4.12. The second-order valence-electron chi connectivity index (χ2n) is 6.28. The van der Waals surface area contributed by atoms with Crippen molar-refractivity contribution in [2.75, 3.05) is 12.4 Å². The quantitative estimate of drug-likeness (QED) is 0.488. The normalized spacial score (nSPS) is 11.1. The van der Waals surface area contributed by atoms with E-state index in [-0.39, 0.29) is 5.56 Å². The van der Waals surface area contributed by atoms with Gasteiger partial charge in [0.25, 0.3) is 5.56 Å². The summed E-state index contributed by atoms with van der Waals surface area (Å²) in [6.45, 7) is 0. The zero-order valence-corrected chi connectivity index (χ0v) is 16.2. The highest BCUT2D eigenvalue weighted by Gasteiger charge is 2.19. The lowest BCUT2D eigenvalue weighted by Crippen LogP contribution is -2.19. The number of nitrogens with zero attached hydrogens (tertiary/aromatic N) is 4. The Hall–Kier alpha value is -3.78. The van der Waals surface area contributed by atoms with Crippen LogP contribution in [0.3, 0.4) is 0 Å². The molecule has 0 spiro atoms. The van der Waals surface area contributed by atoms with Crippen molar-refractivity contribution in [1.82, 2.24) is 19.4 Å². The minimum Gasteiger partial charge on any atom is -0.493 e. The number of anilines is 2. The minimum atomic E-state index is -0.214. The molecule has 0 atom stereocenters. The zero-order chi connectivity index (χ0) is 19.8. The molecule has 0 aliphatic carbocycles. The molecule has 0 fully saturated rings. The molecule has 0 bridgehead atoms. The molecule has 4 heterocycles. The maximum atomic E-state index is 13.3. The van der Waals surface area contributed by atoms with Crippen molar-refractivity contribution >= 4 is 39.4 Å². The number of ether oxygens (including phenoxy) is 1. The summed E-state index contributed by atoms with van der Waals surface area (Å²) in [5.41, 5.74) is 2.33. The predicted molar refractivity (Wildman–Crippen MR) is 114 cm³/mol. The van der Waals surface area contributed by atoms with Gasteiger partial charge >= 0.3 is 0 Å². The lowest BCUT2D eigenvalue weighted by molar-refractivity contribution is 0.416. The van der Waals surface area contributed by atoms with Crippen LogP contribution in [0.15, 0.2) is 71.2 Å². The van der Waals surface area contributed by atoms with Crippen LogP contribution in [0, 0.1) is 0 Å². The number of hydrogen-bond acceptors (Lipinski definition) is 7. The average Bonchev–Trinajstić information content (AvgIpc) is 3.28. The number of pyridine rings is 2. The SMILES string of the molecule is COc1cccn2c(=O)c(-c3nccs3)c(Nc3ccc4ncccc4c3)nc12. The first kappa shape index (κ1) is 17.3. The van der Waals surface area contributed by atoms with Crippen molar-refractivity contribution in [2.24, 2.45) is 0 Å². The standard InChI is InChI=1S/C21H15N5O2S/c1-28-16-5-3-10-26-19(16)25-18(17(21(26)27)20-23-9-11-29-20)24-14-6-7-15-13(12-14)4-2-8-22-15/h2-12,24H,1H3. The van der Waals surface area contributed by atoms with Gasteiger partial charge in [-0.1, -0.05) is 6.07 Å². The van der Waals surface area contributed by atoms with Crippen LogP contribution in [0.5, 0.6) is 5.75 Å². The van der Waals surface area contributed by atoms with Crippen LogP contribution in [0.2, 0.25) is 0 Å². The van der Waals surface area contributed by atoms with E-state index in [0.717, 1.165) is 16.6 Å². The highest BCUT2D eigenvalue weighted by atomic mass is 32.1. The fraction of sp³-hybridized carbons (Fsp3) is 0.0476. The molecule has 0 saturated heterocycles. The number of thiazole rings is 1. The topological polar surface area (TPSA) is 81.4 Å². The van der Waals surface area contributed by atoms with E-state index in [1.165, 1.54) is 15.7 Å². The molecule has 5 aromatic rings. The Labute approximate surface area is 169 Å². The highest BCUT2D eigenvalue weighted by molar-refractivity contribution is 7.13. The number of methoxy groups -OCH3 is 1. The van der Waals surface area contributed by atoms with Gasteiger partial charge in [-0.3, -0.25) is 14.2 Å². The summed E-state index contributed by atoms with van der Waals surface area (Å²) >= 11 is 1.39. The minimum absolute atomic E-state index is 0.214. The van der Waals surface area contributed by atoms with Crippen LogP contribution in [0.1, 0.15) is 0 Å². The van der Waals surface area contributed by atoms with Gasteiger partial charge in [-0.05, 0) is 36.4 Å². The molecule has 7 nitrogen and oxygen atoms in total. The molecule has 142 valence electrons. The summed E-state index contributed by atoms with van der Waals surface area (Å²) in [5, 5.41) is 6.72. The van der Waals surface area contributed by atoms with E-state index in [0.29, 0.717) is 27.8 Å². The zero-order valence-electron chi connectivity index (χ0n) is 15.4. The Kier molecular flexibility index (Phi) is 4.18. The van der Waals surface area contributed by atoms with E-state index >= 15 is 0 Å². The number of aromatic nitrogens is 4. The maximum Gasteiger partial charge on any atom is 0.270 e. The Morgan fingerprint density at radius 2 is 2.03 bits per heavy atom. The lowest BCUT2D eigenvalue weighted by Gasteiger charge is -2.13. The molecule has 4 aromatic heterocycles. The van der Waals surface area contributed by atoms with E-state index < -0.39 is 0 Å². The van der Waals surface area contributed by atoms with Gasteiger partial charge in [-0.15, -0.1) is 11.3 Å². The van der Waals surface area contributed by atoms with Crippen molar-refractivity contribution in [3.05, 3.63) is 76.8 Å². The lowest BCUT2D eigenvalue weighted by atomic mass is 10.2. The van der Waals surface area contributed by atoms with Gasteiger partial charge in [0, 0.05) is 35.0 Å². The molecule has 0 unspecified atom stereocenters. The first-order valence-electron chi connectivity index (χ1n) is 8.85. The van der Waals surface area contributed by atoms with Crippen molar-refractivity contribution in [1.29, 1.82) is 0 Å². The molecule has 0 aliphatic heterocycles. The molecule has 1 N–H and O–H groups in total. The fourth-order valence-electron chi connectivity index (χ4n) is 3.22. The third kappa shape index (κ3) is 2.99. The third-order valence-electron chi connectivity index (χ3n) is 4.55. The van der Waals surface area contributed by atoms with Crippen LogP contribution in [-0.2, 0) is 0 Å². The largest absolute Gasteiger partial charge is 0.493 e. The monoisotopic (exact) mass is 401 g/mol. The number of nitrogens with one attached hydrogen (secondary N) is 1. The number of hydrogen-bond donors (Lipinski definition) is 1. The molecule has 0 aliphatic rings. The Morgan fingerprint density at radius 3 is 2.86 bits per heavy atom. The highest BCUT2D eigenvalue weighted by Crippen LogP contribution is 2.30. The fourth-order valence-corrected chi connectivity index (χ4v) is 3.89. The van der Waals surface area contributed by atoms with E-state index in [1.54, 1.807) is 37.8 Å². The molecule has 8 heteroatoms. The van der Waals surface area contributed by atoms with Crippen molar-refractivity contribution in [3.8, 4) is 16.3 Å². The summed E-state index contributed by atoms with van der Waals surface area (Å²) in [6.07, 6.45) is 5.11. The summed E-state index contributed by atoms with van der Waals surface area (Å²) < 4.78 is 6.88. The Balaban J connectivity index is 1.74. The number of fused-ring (bicyclic) bond motifs is 2. The van der Waals surface area contributed by atoms with Gasteiger partial charge in [0.1, 0.15) is 16.4 Å². The van der Waals surface area contributed by atoms with Gasteiger partial charge in [-0.2, -0.15) is 0 Å². The van der Waals surface area contributed by atoms with Crippen molar-refractivity contribution in [3.63, 3.8) is 0 Å². The molecule has 0 amide bonds. The van der Waals surface area contributed by atoms with Gasteiger partial charge < -0.3 is 10.1 Å². The Bertz CT molecular complexity index is 1400. The van der Waals surface area contributed by atoms with Gasteiger partial charge in [0.2, 0.25) is 0 Å². The van der Waals surface area contributed by atoms with E-state index in [9.17, 15) is 4.79 Å². The van der Waals surface area contributed by atoms with Crippen LogP contribution in [0.25, 0.3) is 27.1 Å². The molecule has 5 rings (SSSR count). The summed E-state index contributed by atoms with van der Waals surface area (Å²) in [7, 11) is 1.56. The van der Waals surface area contributed by atoms with Crippen LogP contribution in [0.4, 0.5) is 11.5 Å². The van der Waals surface area contributed by atoms with E-state index in [1.807, 2.05) is 35.7 Å². The smallest absolute Gasteiger partial charge is 0.270 e. The first-order chi connectivity index (χ1) is 14.2. The number of rotatable bonds is 4. The van der Waals surface area contributed by atoms with Crippen LogP contribution < -0.4 is 15.6 Å². The second-order valence-corrected chi connectivity index (χ2v) is 7.18. The van der Waals surface area contributed by atoms with Crippen LogP contribution in [-0.4, -0.2) is 26.5 Å². The molecule has 29 heavy (non-hydrogen) atoms. The van der Waals surface area contributed by atoms with E-state index in [2.05, 4.69) is 15.3 Å². The van der Waals surface area contributed by atoms with Crippen molar-refractivity contribution in [2.45, 2.75) is 0 Å². The Morgan fingerprint density at radius 1 is 1.10 bits per heavy atom. The van der Waals surface area contributed by atoms with Gasteiger partial charge in [-0.25, -0.2) is 9.97 Å². The molecular formula is C21H15N5O2S. The van der Waals surface area contributed by atoms with Gasteiger partial charge in [0.15, 0.2) is 11.4 Å². The average molecular weight is 401 g/mol. The van der Waals surface area contributed by atoms with E-state index in [4.69, 9.17) is 9.72 Å². The summed E-state index contributed by atoms with van der Waals surface area (Å²) in [6, 6.07) is 13.2. The third-order valence-corrected chi connectivity index (χ3v) is 5.34. The maximum absolute atomic E-state index is 13.3. The molecule has 0 saturated carbocycles. The van der Waals surface area contributed by atoms with Crippen LogP contribution >= 0.6 is 11.3 Å². The molecule has 1 aromatic carbocycles. The van der Waals surface area contributed by atoms with Crippen molar-refractivity contribution < 1.29 is 4.74 Å². The summed E-state index contributed by atoms with van der Waals surface area (Å²) in [4.78, 5) is 26.7. The summed E-state index contributed by atoms with van der Waals surface area (Å²) in [5.74, 6) is 0.943. The second kappa shape index (κ2) is 6.99. The van der Waals surface area contributed by atoms with Gasteiger partial charge in [0.05, 0.1) is 12.6 Å². The number of benzene rings is 1. The molecular weight excluding hydrogens is 386 g/mol. The first-order valence-corrected chi connectivity index (χ1v) is 9.73.